The first-order valence-electron chi connectivity index (χ1n) is 7.80. The van der Waals surface area contributed by atoms with Gasteiger partial charge in [0.2, 0.25) is 0 Å². The molecule has 1 aromatic heterocycles. The van der Waals surface area contributed by atoms with Gasteiger partial charge in [-0.2, -0.15) is 0 Å². The van der Waals surface area contributed by atoms with E-state index >= 15 is 0 Å². The quantitative estimate of drug-likeness (QED) is 0.625. The van der Waals surface area contributed by atoms with Crippen molar-refractivity contribution in [1.82, 2.24) is 14.8 Å². The lowest BCUT2D eigenvalue weighted by Gasteiger charge is -2.13. The van der Waals surface area contributed by atoms with Gasteiger partial charge in [0.05, 0.1) is 18.9 Å². The Bertz CT molecular complexity index is 795. The van der Waals surface area contributed by atoms with Crippen molar-refractivity contribution in [3.05, 3.63) is 60.9 Å². The molecule has 130 valence electrons. The Balaban J connectivity index is 1.60. The summed E-state index contributed by atoms with van der Waals surface area (Å²) in [4.78, 5) is 0. The maximum absolute atomic E-state index is 10.1. The molecule has 1 heterocycles. The molecule has 2 aromatic carbocycles. The Kier molecular flexibility index (Phi) is 5.92. The highest BCUT2D eigenvalue weighted by Gasteiger charge is 2.13. The smallest absolute Gasteiger partial charge is 0.195 e. The molecule has 1 atom stereocenters. The van der Waals surface area contributed by atoms with Gasteiger partial charge in [-0.05, 0) is 24.3 Å². The Morgan fingerprint density at radius 2 is 1.88 bits per heavy atom. The molecular formula is C18H19N3O3S. The molecule has 25 heavy (non-hydrogen) atoms. The maximum Gasteiger partial charge on any atom is 0.195 e. The van der Waals surface area contributed by atoms with Gasteiger partial charge < -0.3 is 14.6 Å². The summed E-state index contributed by atoms with van der Waals surface area (Å²) in [6.45, 7) is 0.222. The summed E-state index contributed by atoms with van der Waals surface area (Å²) in [5.41, 5.74) is 0.854. The molecule has 0 bridgehead atoms. The van der Waals surface area contributed by atoms with Gasteiger partial charge in [-0.3, -0.25) is 4.57 Å². The van der Waals surface area contributed by atoms with E-state index < -0.39 is 6.10 Å². The molecule has 0 amide bonds. The largest absolute Gasteiger partial charge is 0.495 e. The second-order valence-corrected chi connectivity index (χ2v) is 6.23. The van der Waals surface area contributed by atoms with E-state index in [-0.39, 0.29) is 6.61 Å². The highest BCUT2D eigenvalue weighted by atomic mass is 32.2. The summed E-state index contributed by atoms with van der Waals surface area (Å²) in [5, 5.41) is 18.9. The Morgan fingerprint density at radius 3 is 2.68 bits per heavy atom. The Hall–Kier alpha value is -2.51. The van der Waals surface area contributed by atoms with Crippen LogP contribution < -0.4 is 9.47 Å². The minimum Gasteiger partial charge on any atom is -0.495 e. The fourth-order valence-corrected chi connectivity index (χ4v) is 3.07. The SMILES string of the molecule is COc1ccccc1-n1cnnc1SC[C@H](O)COc1ccccc1. The number of aliphatic hydroxyl groups is 1. The van der Waals surface area contributed by atoms with Crippen LogP contribution in [0.15, 0.2) is 66.1 Å². The number of thioether (sulfide) groups is 1. The molecule has 7 heteroatoms. The highest BCUT2D eigenvalue weighted by Crippen LogP contribution is 2.26. The first kappa shape index (κ1) is 17.3. The van der Waals surface area contributed by atoms with Crippen LogP contribution in [0.25, 0.3) is 5.69 Å². The molecule has 0 saturated carbocycles. The lowest BCUT2D eigenvalue weighted by molar-refractivity contribution is 0.126. The minimum absolute atomic E-state index is 0.222. The number of rotatable bonds is 8. The molecule has 0 aliphatic rings. The molecule has 0 saturated heterocycles. The molecule has 3 rings (SSSR count). The van der Waals surface area contributed by atoms with Gasteiger partial charge in [0.1, 0.15) is 24.4 Å². The predicted octanol–water partition coefficient (Wildman–Crippen LogP) is 2.81. The summed E-state index contributed by atoms with van der Waals surface area (Å²) in [7, 11) is 1.63. The van der Waals surface area contributed by atoms with Crippen molar-refractivity contribution in [2.75, 3.05) is 19.5 Å². The zero-order chi connectivity index (χ0) is 17.5. The topological polar surface area (TPSA) is 69.4 Å². The van der Waals surface area contributed by atoms with Crippen molar-refractivity contribution in [1.29, 1.82) is 0 Å². The molecule has 0 spiro atoms. The van der Waals surface area contributed by atoms with Gasteiger partial charge >= 0.3 is 0 Å². The lowest BCUT2D eigenvalue weighted by Crippen LogP contribution is -2.20. The standard InChI is InChI=1S/C18H19N3O3S/c1-23-17-10-6-5-9-16(17)21-13-19-20-18(21)25-12-14(22)11-24-15-7-3-2-4-8-15/h2-10,13-14,22H,11-12H2,1H3/t14-/m1/s1. The van der Waals surface area contributed by atoms with E-state index in [2.05, 4.69) is 10.2 Å². The number of methoxy groups -OCH3 is 1. The number of para-hydroxylation sites is 3. The second-order valence-electron chi connectivity index (χ2n) is 5.24. The first-order chi connectivity index (χ1) is 12.3. The van der Waals surface area contributed by atoms with Crippen molar-refractivity contribution < 1.29 is 14.6 Å². The predicted molar refractivity (Wildman–Crippen MR) is 96.6 cm³/mol. The summed E-state index contributed by atoms with van der Waals surface area (Å²) in [6.07, 6.45) is 1.01. The van der Waals surface area contributed by atoms with Gasteiger partial charge in [0, 0.05) is 5.75 Å². The highest BCUT2D eigenvalue weighted by molar-refractivity contribution is 7.99. The monoisotopic (exact) mass is 357 g/mol. The van der Waals surface area contributed by atoms with Crippen LogP contribution in [0.1, 0.15) is 0 Å². The molecule has 6 nitrogen and oxygen atoms in total. The van der Waals surface area contributed by atoms with Crippen molar-refractivity contribution >= 4 is 11.8 Å². The van der Waals surface area contributed by atoms with Crippen molar-refractivity contribution in [3.8, 4) is 17.2 Å². The van der Waals surface area contributed by atoms with Gasteiger partial charge in [-0.15, -0.1) is 10.2 Å². The van der Waals surface area contributed by atoms with E-state index in [0.717, 1.165) is 17.2 Å². The van der Waals surface area contributed by atoms with Crippen molar-refractivity contribution in [2.24, 2.45) is 0 Å². The second kappa shape index (κ2) is 8.55. The van der Waals surface area contributed by atoms with Gasteiger partial charge in [0.15, 0.2) is 5.16 Å². The number of ether oxygens (including phenoxy) is 2. The first-order valence-corrected chi connectivity index (χ1v) is 8.78. The fourth-order valence-electron chi connectivity index (χ4n) is 2.24. The van der Waals surface area contributed by atoms with Gasteiger partial charge in [0.25, 0.3) is 0 Å². The molecule has 0 radical (unpaired) electrons. The Morgan fingerprint density at radius 1 is 1.12 bits per heavy atom. The van der Waals surface area contributed by atoms with Crippen LogP contribution in [0.3, 0.4) is 0 Å². The molecular weight excluding hydrogens is 338 g/mol. The summed E-state index contributed by atoms with van der Waals surface area (Å²) in [5.74, 6) is 1.92. The summed E-state index contributed by atoms with van der Waals surface area (Å²) in [6, 6.07) is 17.1. The van der Waals surface area contributed by atoms with Crippen LogP contribution in [0.4, 0.5) is 0 Å². The van der Waals surface area contributed by atoms with Gasteiger partial charge in [-0.25, -0.2) is 0 Å². The van der Waals surface area contributed by atoms with Crippen LogP contribution in [0, 0.1) is 0 Å². The average Bonchev–Trinajstić information content (AvgIpc) is 3.14. The number of hydrogen-bond acceptors (Lipinski definition) is 6. The zero-order valence-electron chi connectivity index (χ0n) is 13.8. The molecule has 3 aromatic rings. The molecule has 1 N–H and O–H groups in total. The number of benzene rings is 2. The molecule has 0 unspecified atom stereocenters. The summed E-state index contributed by atoms with van der Waals surface area (Å²) < 4.78 is 12.8. The van der Waals surface area contributed by atoms with Crippen LogP contribution in [-0.2, 0) is 0 Å². The van der Waals surface area contributed by atoms with E-state index in [9.17, 15) is 5.11 Å². The maximum atomic E-state index is 10.1. The summed E-state index contributed by atoms with van der Waals surface area (Å²) >= 11 is 1.41. The van der Waals surface area contributed by atoms with Gasteiger partial charge in [-0.1, -0.05) is 42.1 Å². The molecule has 0 aliphatic heterocycles. The number of aliphatic hydroxyl groups excluding tert-OH is 1. The van der Waals surface area contributed by atoms with Crippen molar-refractivity contribution in [3.63, 3.8) is 0 Å². The van der Waals surface area contributed by atoms with E-state index in [4.69, 9.17) is 9.47 Å². The van der Waals surface area contributed by atoms with E-state index in [0.29, 0.717) is 10.9 Å². The minimum atomic E-state index is -0.618. The van der Waals surface area contributed by atoms with Crippen LogP contribution in [0.2, 0.25) is 0 Å². The van der Waals surface area contributed by atoms with Crippen LogP contribution in [0.5, 0.6) is 11.5 Å². The third-order valence-electron chi connectivity index (χ3n) is 3.45. The van der Waals surface area contributed by atoms with E-state index in [1.165, 1.54) is 11.8 Å². The van der Waals surface area contributed by atoms with E-state index in [1.54, 1.807) is 13.4 Å². The average molecular weight is 357 g/mol. The third kappa shape index (κ3) is 4.52. The number of hydrogen-bond donors (Lipinski definition) is 1. The lowest BCUT2D eigenvalue weighted by atomic mass is 10.3. The number of aromatic nitrogens is 3. The van der Waals surface area contributed by atoms with E-state index in [1.807, 2.05) is 59.2 Å². The normalized spacial score (nSPS) is 11.9. The number of nitrogens with zero attached hydrogens (tertiary/aromatic N) is 3. The van der Waals surface area contributed by atoms with Crippen LogP contribution in [-0.4, -0.2) is 45.4 Å². The molecule has 0 fully saturated rings. The van der Waals surface area contributed by atoms with Crippen molar-refractivity contribution in [2.45, 2.75) is 11.3 Å². The fraction of sp³-hybridized carbons (Fsp3) is 0.222. The zero-order valence-corrected chi connectivity index (χ0v) is 14.6. The Labute approximate surface area is 150 Å². The molecule has 0 aliphatic carbocycles. The van der Waals surface area contributed by atoms with Crippen LogP contribution >= 0.6 is 11.8 Å². The third-order valence-corrected chi connectivity index (χ3v) is 4.54.